The van der Waals surface area contributed by atoms with Gasteiger partial charge in [0.15, 0.2) is 5.76 Å². The van der Waals surface area contributed by atoms with Crippen LogP contribution in [0.25, 0.3) is 11.5 Å². The first kappa shape index (κ1) is 12.4. The largest absolute Gasteiger partial charge is 0.461 e. The van der Waals surface area contributed by atoms with Crippen molar-refractivity contribution in [3.8, 4) is 11.5 Å². The van der Waals surface area contributed by atoms with E-state index in [1.54, 1.807) is 6.26 Å². The van der Waals surface area contributed by atoms with E-state index in [0.717, 1.165) is 31.7 Å². The van der Waals surface area contributed by atoms with E-state index < -0.39 is 0 Å². The fraction of sp³-hybridized carbons (Fsp3) is 0.500. The molecular weight excluding hydrogens is 242 g/mol. The van der Waals surface area contributed by atoms with Gasteiger partial charge in [0.05, 0.1) is 12.0 Å². The molecule has 3 heterocycles. The smallest absolute Gasteiger partial charge is 0.202 e. The molecule has 102 valence electrons. The second kappa shape index (κ2) is 5.19. The first-order valence-corrected chi connectivity index (χ1v) is 6.70. The Morgan fingerprint density at radius 2 is 2.37 bits per heavy atom. The van der Waals surface area contributed by atoms with Gasteiger partial charge in [-0.1, -0.05) is 12.1 Å². The molecule has 0 saturated carbocycles. The topological polar surface area (TPSA) is 68.4 Å². The number of hydrogen-bond acceptors (Lipinski definition) is 5. The maximum absolute atomic E-state index is 6.03. The summed E-state index contributed by atoms with van der Waals surface area (Å²) in [5, 5.41) is 4.10. The number of nitrogens with zero attached hydrogens (tertiary/aromatic N) is 2. The van der Waals surface area contributed by atoms with Crippen LogP contribution in [-0.4, -0.2) is 29.2 Å². The molecule has 5 heteroatoms. The highest BCUT2D eigenvalue weighted by Gasteiger charge is 2.23. The van der Waals surface area contributed by atoms with Crippen molar-refractivity contribution >= 4 is 0 Å². The van der Waals surface area contributed by atoms with Crippen LogP contribution in [0.15, 0.2) is 33.4 Å². The Hall–Kier alpha value is -1.59. The number of rotatable bonds is 3. The molecule has 5 nitrogen and oxygen atoms in total. The van der Waals surface area contributed by atoms with Gasteiger partial charge in [0.1, 0.15) is 0 Å². The van der Waals surface area contributed by atoms with E-state index in [1.165, 1.54) is 0 Å². The van der Waals surface area contributed by atoms with Crippen LogP contribution < -0.4 is 5.73 Å². The second-order valence-electron chi connectivity index (χ2n) is 5.32. The lowest BCUT2D eigenvalue weighted by molar-refractivity contribution is 0.154. The van der Waals surface area contributed by atoms with Gasteiger partial charge >= 0.3 is 0 Å². The number of likely N-dealkylation sites (tertiary alicyclic amines) is 1. The Kier molecular flexibility index (Phi) is 3.40. The molecule has 2 aromatic rings. The Morgan fingerprint density at radius 3 is 3.11 bits per heavy atom. The zero-order valence-electron chi connectivity index (χ0n) is 11.1. The minimum absolute atomic E-state index is 0.326. The third kappa shape index (κ3) is 2.72. The molecule has 1 aliphatic rings. The minimum atomic E-state index is 0.326. The molecule has 3 rings (SSSR count). The van der Waals surface area contributed by atoms with Crippen molar-refractivity contribution in [2.24, 2.45) is 11.7 Å². The average molecular weight is 261 g/mol. The highest BCUT2D eigenvalue weighted by molar-refractivity contribution is 5.49. The van der Waals surface area contributed by atoms with Gasteiger partial charge in [0.2, 0.25) is 5.76 Å². The van der Waals surface area contributed by atoms with E-state index >= 15 is 0 Å². The van der Waals surface area contributed by atoms with Crippen molar-refractivity contribution in [1.82, 2.24) is 10.1 Å². The summed E-state index contributed by atoms with van der Waals surface area (Å²) in [7, 11) is 0. The summed E-state index contributed by atoms with van der Waals surface area (Å²) >= 11 is 0. The van der Waals surface area contributed by atoms with Crippen LogP contribution in [0.3, 0.4) is 0 Å². The van der Waals surface area contributed by atoms with Crippen molar-refractivity contribution in [1.29, 1.82) is 0 Å². The van der Waals surface area contributed by atoms with Crippen LogP contribution in [0, 0.1) is 5.92 Å². The lowest BCUT2D eigenvalue weighted by Crippen LogP contribution is -2.45. The fourth-order valence-electron chi connectivity index (χ4n) is 2.54. The molecule has 0 spiro atoms. The molecule has 2 unspecified atom stereocenters. The summed E-state index contributed by atoms with van der Waals surface area (Å²) in [5.74, 6) is 1.93. The van der Waals surface area contributed by atoms with Crippen molar-refractivity contribution in [3.63, 3.8) is 0 Å². The predicted octanol–water partition coefficient (Wildman–Crippen LogP) is 2.10. The number of aromatic nitrogens is 1. The molecule has 1 aliphatic heterocycles. The van der Waals surface area contributed by atoms with Crippen LogP contribution in [-0.2, 0) is 6.54 Å². The average Bonchev–Trinajstić information content (AvgIpc) is 3.04. The lowest BCUT2D eigenvalue weighted by atomic mass is 9.95. The van der Waals surface area contributed by atoms with Crippen molar-refractivity contribution in [2.75, 3.05) is 13.1 Å². The zero-order chi connectivity index (χ0) is 13.2. The van der Waals surface area contributed by atoms with Crippen LogP contribution in [0.5, 0.6) is 0 Å². The number of hydrogen-bond donors (Lipinski definition) is 1. The van der Waals surface area contributed by atoms with Crippen LogP contribution >= 0.6 is 0 Å². The van der Waals surface area contributed by atoms with E-state index in [-0.39, 0.29) is 0 Å². The van der Waals surface area contributed by atoms with Gasteiger partial charge in [-0.05, 0) is 24.5 Å². The van der Waals surface area contributed by atoms with Gasteiger partial charge in [-0.3, -0.25) is 4.90 Å². The van der Waals surface area contributed by atoms with Crippen LogP contribution in [0.1, 0.15) is 19.0 Å². The summed E-state index contributed by atoms with van der Waals surface area (Å²) in [6.45, 7) is 5.05. The third-order valence-corrected chi connectivity index (χ3v) is 3.76. The van der Waals surface area contributed by atoms with Gasteiger partial charge in [0, 0.05) is 31.7 Å². The molecule has 0 bridgehead atoms. The molecule has 2 N–H and O–H groups in total. The second-order valence-corrected chi connectivity index (χ2v) is 5.32. The number of nitrogens with two attached hydrogens (primary N) is 1. The van der Waals surface area contributed by atoms with Gasteiger partial charge in [-0.15, -0.1) is 0 Å². The summed E-state index contributed by atoms with van der Waals surface area (Å²) < 4.78 is 10.6. The maximum Gasteiger partial charge on any atom is 0.202 e. The Morgan fingerprint density at radius 1 is 1.47 bits per heavy atom. The Bertz CT molecular complexity index is 521. The predicted molar refractivity (Wildman–Crippen MR) is 71.2 cm³/mol. The number of furan rings is 1. The highest BCUT2D eigenvalue weighted by atomic mass is 16.5. The first-order chi connectivity index (χ1) is 9.22. The minimum Gasteiger partial charge on any atom is -0.461 e. The number of piperidine rings is 1. The van der Waals surface area contributed by atoms with E-state index in [4.69, 9.17) is 14.7 Å². The van der Waals surface area contributed by atoms with E-state index in [0.29, 0.717) is 23.5 Å². The molecule has 2 atom stereocenters. The van der Waals surface area contributed by atoms with E-state index in [9.17, 15) is 0 Å². The van der Waals surface area contributed by atoms with Crippen LogP contribution in [0.2, 0.25) is 0 Å². The molecular formula is C14H19N3O2. The Labute approximate surface area is 112 Å². The first-order valence-electron chi connectivity index (χ1n) is 6.70. The van der Waals surface area contributed by atoms with E-state index in [1.807, 2.05) is 18.2 Å². The summed E-state index contributed by atoms with van der Waals surface area (Å²) in [6, 6.07) is 5.97. The summed E-state index contributed by atoms with van der Waals surface area (Å²) in [6.07, 6.45) is 2.68. The molecule has 0 aromatic carbocycles. The molecule has 0 aliphatic carbocycles. The molecule has 19 heavy (non-hydrogen) atoms. The van der Waals surface area contributed by atoms with Gasteiger partial charge < -0.3 is 14.7 Å². The summed E-state index contributed by atoms with van der Waals surface area (Å²) in [4.78, 5) is 2.37. The SMILES string of the molecule is CC1CN(Cc2cc(-c3ccco3)on2)CCC1N. The quantitative estimate of drug-likeness (QED) is 0.916. The summed E-state index contributed by atoms with van der Waals surface area (Å²) in [5.41, 5.74) is 6.97. The zero-order valence-corrected chi connectivity index (χ0v) is 11.1. The van der Waals surface area contributed by atoms with Crippen molar-refractivity contribution < 1.29 is 8.94 Å². The maximum atomic E-state index is 6.03. The van der Waals surface area contributed by atoms with Gasteiger partial charge in [0.25, 0.3) is 0 Å². The van der Waals surface area contributed by atoms with Gasteiger partial charge in [-0.25, -0.2) is 0 Å². The third-order valence-electron chi connectivity index (χ3n) is 3.76. The van der Waals surface area contributed by atoms with Crippen molar-refractivity contribution in [2.45, 2.75) is 25.9 Å². The van der Waals surface area contributed by atoms with E-state index in [2.05, 4.69) is 17.0 Å². The monoisotopic (exact) mass is 261 g/mol. The normalized spacial score (nSPS) is 24.7. The molecule has 1 saturated heterocycles. The fourth-order valence-corrected chi connectivity index (χ4v) is 2.54. The molecule has 0 amide bonds. The van der Waals surface area contributed by atoms with Crippen molar-refractivity contribution in [3.05, 3.63) is 30.2 Å². The molecule has 2 aromatic heterocycles. The lowest BCUT2D eigenvalue weighted by Gasteiger charge is -2.34. The highest BCUT2D eigenvalue weighted by Crippen LogP contribution is 2.22. The van der Waals surface area contributed by atoms with Crippen LogP contribution in [0.4, 0.5) is 0 Å². The van der Waals surface area contributed by atoms with Gasteiger partial charge in [-0.2, -0.15) is 0 Å². The molecule has 0 radical (unpaired) electrons. The molecule has 1 fully saturated rings. The Balaban J connectivity index is 1.64. The standard InChI is InChI=1S/C14H19N3O2/c1-10-8-17(5-4-12(10)15)9-11-7-14(19-16-11)13-3-2-6-18-13/h2-3,6-7,10,12H,4-5,8-9,15H2,1H3.